The molecule has 0 spiro atoms. The van der Waals surface area contributed by atoms with E-state index in [0.29, 0.717) is 12.7 Å². The molecule has 2 N–H and O–H groups in total. The van der Waals surface area contributed by atoms with E-state index in [0.717, 1.165) is 28.8 Å². The molecule has 6 heteroatoms. The first-order valence-electron chi connectivity index (χ1n) is 11.6. The molecule has 0 amide bonds. The molecule has 0 aromatic heterocycles. The fraction of sp³-hybridized carbons (Fsp3) is 0.407. The van der Waals surface area contributed by atoms with Crippen molar-refractivity contribution in [3.05, 3.63) is 83.1 Å². The van der Waals surface area contributed by atoms with Crippen molar-refractivity contribution in [2.45, 2.75) is 64.3 Å². The smallest absolute Gasteiger partial charge is 0.142 e. The van der Waals surface area contributed by atoms with Crippen LogP contribution in [0.5, 0.6) is 0 Å². The summed E-state index contributed by atoms with van der Waals surface area (Å²) < 4.78 is 14.2. The second kappa shape index (κ2) is 14.6. The summed E-state index contributed by atoms with van der Waals surface area (Å²) in [6.07, 6.45) is 16.2. The van der Waals surface area contributed by atoms with E-state index in [1.807, 2.05) is 25.3 Å². The number of nitrogens with one attached hydrogen (secondary N) is 2. The summed E-state index contributed by atoms with van der Waals surface area (Å²) in [6.45, 7) is 11.9. The van der Waals surface area contributed by atoms with E-state index in [2.05, 4.69) is 41.9 Å². The Labute approximate surface area is 203 Å². The van der Waals surface area contributed by atoms with Crippen molar-refractivity contribution >= 4 is 24.0 Å². The van der Waals surface area contributed by atoms with Crippen molar-refractivity contribution in [1.82, 2.24) is 10.6 Å². The maximum absolute atomic E-state index is 14.2. The minimum absolute atomic E-state index is 0.0135. The largest absolute Gasteiger partial charge is 0.368 e. The molecule has 1 aromatic carbocycles. The van der Waals surface area contributed by atoms with Crippen LogP contribution in [0.3, 0.4) is 0 Å². The van der Waals surface area contributed by atoms with Crippen molar-refractivity contribution in [3.63, 3.8) is 0 Å². The quantitative estimate of drug-likeness (QED) is 0.253. The molecule has 1 unspecified atom stereocenters. The monoisotopic (exact) mass is 470 g/mol. The van der Waals surface area contributed by atoms with Gasteiger partial charge in [0.25, 0.3) is 0 Å². The third-order valence-corrected chi connectivity index (χ3v) is 6.18. The van der Waals surface area contributed by atoms with Gasteiger partial charge in [-0.1, -0.05) is 56.5 Å². The van der Waals surface area contributed by atoms with Crippen LogP contribution < -0.4 is 10.6 Å². The van der Waals surface area contributed by atoms with E-state index >= 15 is 0 Å². The van der Waals surface area contributed by atoms with Gasteiger partial charge in [0, 0.05) is 29.9 Å². The number of aliphatic imine (C=N–C) groups is 2. The predicted octanol–water partition coefficient (Wildman–Crippen LogP) is 7.07. The maximum atomic E-state index is 14.2. The second-order valence-corrected chi connectivity index (χ2v) is 8.61. The summed E-state index contributed by atoms with van der Waals surface area (Å²) in [4.78, 5) is 8.75. The Morgan fingerprint density at radius 3 is 2.70 bits per heavy atom. The number of nitrogens with zero attached hydrogens (tertiary/aromatic N) is 2. The van der Waals surface area contributed by atoms with Gasteiger partial charge in [-0.3, -0.25) is 15.3 Å². The van der Waals surface area contributed by atoms with E-state index in [1.165, 1.54) is 38.2 Å². The zero-order valence-electron chi connectivity index (χ0n) is 19.8. The number of hydrogen-bond donors (Lipinski definition) is 2. The highest BCUT2D eigenvalue weighted by Gasteiger charge is 2.15. The first kappa shape index (κ1) is 26.7. The molecule has 1 aromatic rings. The maximum Gasteiger partial charge on any atom is 0.142 e. The lowest BCUT2D eigenvalue weighted by Gasteiger charge is -2.22. The van der Waals surface area contributed by atoms with Crippen molar-refractivity contribution in [1.29, 1.82) is 0 Å². The Balaban J connectivity index is 2.43. The highest BCUT2D eigenvalue weighted by atomic mass is 35.5. The molecule has 0 heterocycles. The molecule has 4 nitrogen and oxygen atoms in total. The molecule has 1 atom stereocenters. The topological polar surface area (TPSA) is 48.8 Å². The third-order valence-electron chi connectivity index (χ3n) is 5.87. The van der Waals surface area contributed by atoms with Crippen molar-refractivity contribution in [2.24, 2.45) is 9.98 Å². The van der Waals surface area contributed by atoms with Crippen LogP contribution in [0.2, 0.25) is 5.02 Å². The molecule has 1 saturated carbocycles. The van der Waals surface area contributed by atoms with Gasteiger partial charge >= 0.3 is 0 Å². The minimum Gasteiger partial charge on any atom is -0.368 e. The normalized spacial score (nSPS) is 17.3. The lowest BCUT2D eigenvalue weighted by Crippen LogP contribution is -2.31. The van der Waals surface area contributed by atoms with Crippen LogP contribution in [-0.4, -0.2) is 25.1 Å². The number of rotatable bonds is 12. The average Bonchev–Trinajstić information content (AvgIpc) is 2.83. The van der Waals surface area contributed by atoms with Gasteiger partial charge in [-0.25, -0.2) is 4.39 Å². The van der Waals surface area contributed by atoms with Crippen LogP contribution in [0.15, 0.2) is 76.7 Å². The molecule has 0 aliphatic heterocycles. The van der Waals surface area contributed by atoms with Gasteiger partial charge in [0.15, 0.2) is 0 Å². The molecule has 33 heavy (non-hydrogen) atoms. The molecule has 0 saturated heterocycles. The molecule has 1 aliphatic rings. The minimum atomic E-state index is -0.413. The molecular weight excluding hydrogens is 435 g/mol. The lowest BCUT2D eigenvalue weighted by molar-refractivity contribution is 0.378. The predicted molar refractivity (Wildman–Crippen MR) is 141 cm³/mol. The molecule has 1 fully saturated rings. The van der Waals surface area contributed by atoms with E-state index in [9.17, 15) is 4.39 Å². The van der Waals surface area contributed by atoms with Crippen molar-refractivity contribution < 1.29 is 4.39 Å². The second-order valence-electron chi connectivity index (χ2n) is 8.21. The molecule has 1 aliphatic carbocycles. The van der Waals surface area contributed by atoms with Crippen molar-refractivity contribution in [2.75, 3.05) is 6.67 Å². The number of hydrogen-bond acceptors (Lipinski definition) is 4. The summed E-state index contributed by atoms with van der Waals surface area (Å²) in [5, 5.41) is 6.74. The van der Waals surface area contributed by atoms with Gasteiger partial charge in [0.05, 0.1) is 17.4 Å². The van der Waals surface area contributed by atoms with Crippen LogP contribution in [0, 0.1) is 5.82 Å². The Morgan fingerprint density at radius 1 is 1.30 bits per heavy atom. The van der Waals surface area contributed by atoms with E-state index in [1.54, 1.807) is 18.5 Å². The summed E-state index contributed by atoms with van der Waals surface area (Å²) in [5.74, 6) is -0.426. The zero-order chi connectivity index (χ0) is 24.1. The first-order valence-corrected chi connectivity index (χ1v) is 12.0. The molecule has 178 valence electrons. The summed E-state index contributed by atoms with van der Waals surface area (Å²) in [6, 6.07) is 5.50. The molecule has 2 rings (SSSR count). The third kappa shape index (κ3) is 8.75. The Bertz CT molecular complexity index is 911. The van der Waals surface area contributed by atoms with E-state index < -0.39 is 5.82 Å². The van der Waals surface area contributed by atoms with Gasteiger partial charge in [-0.15, -0.1) is 0 Å². The highest BCUT2D eigenvalue weighted by molar-refractivity contribution is 6.30. The van der Waals surface area contributed by atoms with Crippen LogP contribution in [0.1, 0.15) is 63.9 Å². The highest BCUT2D eigenvalue weighted by Crippen LogP contribution is 2.28. The van der Waals surface area contributed by atoms with E-state index in [4.69, 9.17) is 16.6 Å². The molecular formula is C27H36ClFN4. The van der Waals surface area contributed by atoms with E-state index in [-0.39, 0.29) is 10.9 Å². The first-order chi connectivity index (χ1) is 16.0. The van der Waals surface area contributed by atoms with Crippen molar-refractivity contribution in [3.8, 4) is 0 Å². The Hall–Kier alpha value is -2.50. The summed E-state index contributed by atoms with van der Waals surface area (Å²) in [7, 11) is 0. The van der Waals surface area contributed by atoms with Gasteiger partial charge in [-0.05, 0) is 68.4 Å². The summed E-state index contributed by atoms with van der Waals surface area (Å²) >= 11 is 5.90. The average molecular weight is 471 g/mol. The Kier molecular flexibility index (Phi) is 11.8. The fourth-order valence-corrected chi connectivity index (χ4v) is 4.11. The Morgan fingerprint density at radius 2 is 2.06 bits per heavy atom. The SMILES string of the molecule is C=CN\C=C(C)/C(=C\C(CC)c1ccc(Cl)c(F)c1)C(/C=C\N=C)=N\CNC1CCCCC1. The van der Waals surface area contributed by atoms with Gasteiger partial charge < -0.3 is 5.32 Å². The van der Waals surface area contributed by atoms with Crippen LogP contribution in [0.4, 0.5) is 4.39 Å². The van der Waals surface area contributed by atoms with Crippen LogP contribution in [0.25, 0.3) is 0 Å². The lowest BCUT2D eigenvalue weighted by atomic mass is 9.90. The number of halogens is 2. The number of allylic oxidation sites excluding steroid dienone is 4. The number of benzene rings is 1. The standard InChI is InChI=1S/C27H36ClFN4/c1-5-21(22-12-13-25(28)26(29)17-22)16-24(20(3)18-31-6-2)27(14-15-30-4)33-19-32-23-10-8-7-9-11-23/h6,12-18,21,23,31-32H,2,4-5,7-11,19H2,1,3H3/b15-14-,20-18-,24-16+,33-27-. The summed E-state index contributed by atoms with van der Waals surface area (Å²) in [5.41, 5.74) is 3.58. The fourth-order valence-electron chi connectivity index (χ4n) is 3.99. The van der Waals surface area contributed by atoms with Gasteiger partial charge in [0.1, 0.15) is 5.82 Å². The molecule has 0 radical (unpaired) electrons. The van der Waals surface area contributed by atoms with Gasteiger partial charge in [-0.2, -0.15) is 0 Å². The van der Waals surface area contributed by atoms with Crippen LogP contribution in [-0.2, 0) is 0 Å². The van der Waals surface area contributed by atoms with Gasteiger partial charge in [0.2, 0.25) is 0 Å². The van der Waals surface area contributed by atoms with Crippen LogP contribution >= 0.6 is 11.6 Å². The zero-order valence-corrected chi connectivity index (χ0v) is 20.5. The molecule has 0 bridgehead atoms.